The molecule has 0 bridgehead atoms. The molecule has 4 aromatic rings. The van der Waals surface area contributed by atoms with Crippen molar-refractivity contribution in [2.24, 2.45) is 0 Å². The second kappa shape index (κ2) is 7.36. The lowest BCUT2D eigenvalue weighted by Gasteiger charge is -2.16. The molecule has 1 aliphatic rings. The van der Waals surface area contributed by atoms with Crippen LogP contribution >= 0.6 is 11.8 Å². The van der Waals surface area contributed by atoms with Crippen molar-refractivity contribution in [3.63, 3.8) is 0 Å². The van der Waals surface area contributed by atoms with E-state index in [0.29, 0.717) is 22.5 Å². The van der Waals surface area contributed by atoms with Gasteiger partial charge in [0, 0.05) is 17.0 Å². The molecule has 0 fully saturated rings. The van der Waals surface area contributed by atoms with Crippen LogP contribution in [0, 0.1) is 0 Å². The van der Waals surface area contributed by atoms with Gasteiger partial charge in [0.15, 0.2) is 11.5 Å². The van der Waals surface area contributed by atoms with Crippen molar-refractivity contribution in [2.75, 3.05) is 5.32 Å². The Kier molecular flexibility index (Phi) is 4.42. The number of ether oxygens (including phenoxy) is 1. The monoisotopic (exact) mass is 388 g/mol. The molecule has 0 saturated carbocycles. The van der Waals surface area contributed by atoms with Crippen LogP contribution in [0.4, 0.5) is 5.69 Å². The van der Waals surface area contributed by atoms with Gasteiger partial charge in [-0.15, -0.1) is 10.2 Å². The zero-order valence-corrected chi connectivity index (χ0v) is 15.6. The number of furan rings is 1. The molecule has 2 aromatic heterocycles. The predicted octanol–water partition coefficient (Wildman–Crippen LogP) is 4.93. The van der Waals surface area contributed by atoms with Crippen LogP contribution in [-0.4, -0.2) is 15.2 Å². The Morgan fingerprint density at radius 3 is 2.64 bits per heavy atom. The summed E-state index contributed by atoms with van der Waals surface area (Å²) < 4.78 is 11.7. The summed E-state index contributed by atoms with van der Waals surface area (Å²) in [6.45, 7) is 0. The van der Waals surface area contributed by atoms with Crippen LogP contribution in [0.3, 0.4) is 0 Å². The van der Waals surface area contributed by atoms with Crippen LogP contribution in [0.25, 0.3) is 11.3 Å². The van der Waals surface area contributed by atoms with E-state index in [4.69, 9.17) is 9.15 Å². The number of hydrogen-bond donors (Lipinski definition) is 1. The van der Waals surface area contributed by atoms with Crippen LogP contribution < -0.4 is 10.1 Å². The second-order valence-electron chi connectivity index (χ2n) is 6.23. The van der Waals surface area contributed by atoms with Crippen LogP contribution in [-0.2, 0) is 5.75 Å². The maximum atomic E-state index is 6.14. The van der Waals surface area contributed by atoms with Gasteiger partial charge < -0.3 is 14.5 Å². The number of rotatable bonds is 4. The van der Waals surface area contributed by atoms with Crippen LogP contribution in [0.5, 0.6) is 5.88 Å². The molecule has 28 heavy (non-hydrogen) atoms. The third-order valence-electron chi connectivity index (χ3n) is 4.35. The molecular weight excluding hydrogens is 372 g/mol. The highest BCUT2D eigenvalue weighted by molar-refractivity contribution is 7.98. The van der Waals surface area contributed by atoms with Gasteiger partial charge in [0.25, 0.3) is 0 Å². The topological polar surface area (TPSA) is 73.1 Å². The van der Waals surface area contributed by atoms with Crippen LogP contribution in [0.15, 0.2) is 82.6 Å². The van der Waals surface area contributed by atoms with Crippen molar-refractivity contribution in [3.8, 4) is 17.1 Å². The number of fused-ring (bicyclic) bond motifs is 3. The second-order valence-corrected chi connectivity index (χ2v) is 7.17. The minimum atomic E-state index is -0.499. The van der Waals surface area contributed by atoms with Gasteiger partial charge in [-0.2, -0.15) is 4.98 Å². The number of thioether (sulfide) groups is 1. The molecule has 0 amide bonds. The van der Waals surface area contributed by atoms with Crippen LogP contribution in [0.2, 0.25) is 0 Å². The fraction of sp³-hybridized carbons (Fsp3) is 0.0952. The average molecular weight is 388 g/mol. The molecule has 1 N–H and O–H groups in total. The summed E-state index contributed by atoms with van der Waals surface area (Å²) in [6.07, 6.45) is 1.12. The predicted molar refractivity (Wildman–Crippen MR) is 107 cm³/mol. The van der Waals surface area contributed by atoms with Gasteiger partial charge in [-0.3, -0.25) is 0 Å². The summed E-state index contributed by atoms with van der Waals surface area (Å²) in [5, 5.41) is 12.7. The molecule has 3 heterocycles. The van der Waals surface area contributed by atoms with Crippen molar-refractivity contribution < 1.29 is 9.15 Å². The lowest BCUT2D eigenvalue weighted by molar-refractivity contribution is 0.195. The van der Waals surface area contributed by atoms with Gasteiger partial charge in [-0.25, -0.2) is 0 Å². The van der Waals surface area contributed by atoms with Crippen molar-refractivity contribution in [1.82, 2.24) is 15.2 Å². The maximum Gasteiger partial charge on any atom is 0.247 e. The lowest BCUT2D eigenvalue weighted by atomic mass is 10.1. The number of benzene rings is 2. The molecule has 1 aliphatic heterocycles. The normalized spacial score (nSPS) is 14.9. The molecule has 138 valence electrons. The van der Waals surface area contributed by atoms with Gasteiger partial charge >= 0.3 is 0 Å². The zero-order valence-electron chi connectivity index (χ0n) is 14.8. The summed E-state index contributed by atoms with van der Waals surface area (Å²) in [7, 11) is 0. The van der Waals surface area contributed by atoms with Gasteiger partial charge in [0.1, 0.15) is 0 Å². The molecule has 5 rings (SSSR count). The van der Waals surface area contributed by atoms with E-state index in [9.17, 15) is 0 Å². The van der Waals surface area contributed by atoms with Gasteiger partial charge in [-0.1, -0.05) is 60.3 Å². The highest BCUT2D eigenvalue weighted by atomic mass is 32.2. The molecule has 0 spiro atoms. The van der Waals surface area contributed by atoms with E-state index in [-0.39, 0.29) is 0 Å². The Morgan fingerprint density at radius 2 is 1.79 bits per heavy atom. The number of aromatic nitrogens is 3. The van der Waals surface area contributed by atoms with E-state index in [1.807, 2.05) is 54.6 Å². The molecule has 0 aliphatic carbocycles. The number of nitrogens with zero attached hydrogens (tertiary/aromatic N) is 3. The van der Waals surface area contributed by atoms with E-state index < -0.39 is 6.23 Å². The van der Waals surface area contributed by atoms with Gasteiger partial charge in [0.05, 0.1) is 6.26 Å². The fourth-order valence-electron chi connectivity index (χ4n) is 3.00. The van der Waals surface area contributed by atoms with E-state index in [1.54, 1.807) is 6.26 Å². The quantitative estimate of drug-likeness (QED) is 0.497. The van der Waals surface area contributed by atoms with Crippen molar-refractivity contribution in [2.45, 2.75) is 17.1 Å². The zero-order chi connectivity index (χ0) is 18.8. The first kappa shape index (κ1) is 16.8. The average Bonchev–Trinajstić information content (AvgIpc) is 3.23. The SMILES string of the molecule is c1ccc(CSc2nnc3c(n2)O[C@@H](c2ccco2)Nc2ccccc2-3)cc1. The molecule has 0 unspecified atom stereocenters. The highest BCUT2D eigenvalue weighted by Gasteiger charge is 2.27. The third-order valence-corrected chi connectivity index (χ3v) is 5.25. The van der Waals surface area contributed by atoms with E-state index in [2.05, 4.69) is 32.6 Å². The number of para-hydroxylation sites is 1. The fourth-order valence-corrected chi connectivity index (χ4v) is 3.73. The summed E-state index contributed by atoms with van der Waals surface area (Å²) in [5.74, 6) is 1.86. The first-order valence-corrected chi connectivity index (χ1v) is 9.83. The number of anilines is 1. The summed E-state index contributed by atoms with van der Waals surface area (Å²) >= 11 is 1.52. The largest absolute Gasteiger partial charge is 0.463 e. The van der Waals surface area contributed by atoms with Crippen molar-refractivity contribution in [1.29, 1.82) is 0 Å². The number of hydrogen-bond acceptors (Lipinski definition) is 7. The number of nitrogens with one attached hydrogen (secondary N) is 1. The molecule has 0 saturated heterocycles. The Balaban J connectivity index is 1.49. The molecule has 2 aromatic carbocycles. The lowest BCUT2D eigenvalue weighted by Crippen LogP contribution is -2.16. The summed E-state index contributed by atoms with van der Waals surface area (Å²) in [5.41, 5.74) is 3.60. The highest BCUT2D eigenvalue weighted by Crippen LogP contribution is 2.39. The Hall–Kier alpha value is -3.32. The van der Waals surface area contributed by atoms with Crippen molar-refractivity contribution in [3.05, 3.63) is 84.3 Å². The third kappa shape index (κ3) is 3.32. The minimum absolute atomic E-state index is 0.435. The van der Waals surface area contributed by atoms with Gasteiger partial charge in [0.2, 0.25) is 17.3 Å². The first-order valence-electron chi connectivity index (χ1n) is 8.84. The molecular formula is C21H16N4O2S. The van der Waals surface area contributed by atoms with E-state index >= 15 is 0 Å². The Bertz CT molecular complexity index is 1090. The molecule has 1 atom stereocenters. The minimum Gasteiger partial charge on any atom is -0.463 e. The van der Waals surface area contributed by atoms with Gasteiger partial charge in [-0.05, 0) is 23.8 Å². The van der Waals surface area contributed by atoms with E-state index in [0.717, 1.165) is 17.0 Å². The first-order chi connectivity index (χ1) is 13.9. The summed E-state index contributed by atoms with van der Waals surface area (Å²) in [6, 6.07) is 21.8. The maximum absolute atomic E-state index is 6.14. The smallest absolute Gasteiger partial charge is 0.247 e. The summed E-state index contributed by atoms with van der Waals surface area (Å²) in [4.78, 5) is 4.63. The standard InChI is InChI=1S/C21H16N4O2S/c1-2-7-14(8-3-1)13-28-21-23-20-18(24-25-21)15-9-4-5-10-16(15)22-19(27-20)17-11-6-12-26-17/h1-12,19,22H,13H2/t19-/m0/s1. The molecule has 7 heteroatoms. The molecule has 6 nitrogen and oxygen atoms in total. The van der Waals surface area contributed by atoms with Crippen molar-refractivity contribution >= 4 is 17.4 Å². The Labute approximate surface area is 166 Å². The van der Waals surface area contributed by atoms with Crippen LogP contribution in [0.1, 0.15) is 17.6 Å². The molecule has 0 radical (unpaired) electrons. The Morgan fingerprint density at radius 1 is 0.929 bits per heavy atom. The van der Waals surface area contributed by atoms with E-state index in [1.165, 1.54) is 17.3 Å².